The minimum absolute atomic E-state index is 0.0452. The van der Waals surface area contributed by atoms with Crippen LogP contribution in [0.15, 0.2) is 54.6 Å². The molecule has 2 aromatic rings. The Balaban J connectivity index is 1.54. The lowest BCUT2D eigenvalue weighted by Gasteiger charge is -2.31. The van der Waals surface area contributed by atoms with Gasteiger partial charge in [0.1, 0.15) is 6.61 Å². The molecule has 0 saturated carbocycles. The predicted molar refractivity (Wildman–Crippen MR) is 93.5 cm³/mol. The summed E-state index contributed by atoms with van der Waals surface area (Å²) in [7, 11) is 0. The zero-order valence-electron chi connectivity index (χ0n) is 13.8. The first-order valence-corrected chi connectivity index (χ1v) is 8.21. The smallest absolute Gasteiger partial charge is 0.241 e. The van der Waals surface area contributed by atoms with E-state index >= 15 is 0 Å². The third kappa shape index (κ3) is 3.98. The van der Waals surface area contributed by atoms with Crippen molar-refractivity contribution in [1.82, 2.24) is 4.90 Å². The molecule has 2 aromatic carbocycles. The minimum Gasteiger partial charge on any atom is -0.486 e. The van der Waals surface area contributed by atoms with Crippen molar-refractivity contribution in [1.29, 1.82) is 0 Å². The quantitative estimate of drug-likeness (QED) is 0.887. The van der Waals surface area contributed by atoms with Gasteiger partial charge in [-0.25, -0.2) is 0 Å². The van der Waals surface area contributed by atoms with Crippen LogP contribution in [-0.4, -0.2) is 43.2 Å². The van der Waals surface area contributed by atoms with Gasteiger partial charge in [-0.2, -0.15) is 0 Å². The Labute approximate surface area is 142 Å². The number of nitrogens with one attached hydrogen (secondary N) is 1. The molecule has 1 aliphatic heterocycles. The number of fused-ring (bicyclic) bond motifs is 1. The van der Waals surface area contributed by atoms with E-state index in [9.17, 15) is 4.79 Å². The maximum atomic E-state index is 12.4. The normalized spacial score (nSPS) is 15.6. The van der Waals surface area contributed by atoms with Gasteiger partial charge in [-0.3, -0.25) is 4.79 Å². The lowest BCUT2D eigenvalue weighted by atomic mass is 10.2. The van der Waals surface area contributed by atoms with Gasteiger partial charge < -0.3 is 19.7 Å². The highest BCUT2D eigenvalue weighted by Gasteiger charge is 2.24. The van der Waals surface area contributed by atoms with Crippen LogP contribution in [0, 0.1) is 0 Å². The number of hydrogen-bond donors (Lipinski definition) is 1. The molecule has 5 nitrogen and oxygen atoms in total. The van der Waals surface area contributed by atoms with E-state index in [2.05, 4.69) is 5.32 Å². The molecule has 5 heteroatoms. The van der Waals surface area contributed by atoms with Gasteiger partial charge >= 0.3 is 0 Å². The van der Waals surface area contributed by atoms with Crippen LogP contribution in [0.4, 0.5) is 5.69 Å². The second-order valence-corrected chi connectivity index (χ2v) is 5.65. The molecular weight excluding hydrogens is 304 g/mol. The van der Waals surface area contributed by atoms with E-state index in [1.54, 1.807) is 4.90 Å². The van der Waals surface area contributed by atoms with Crippen molar-refractivity contribution in [2.24, 2.45) is 0 Å². The van der Waals surface area contributed by atoms with Crippen molar-refractivity contribution in [2.75, 3.05) is 31.6 Å². The summed E-state index contributed by atoms with van der Waals surface area (Å²) in [4.78, 5) is 14.2. The molecule has 0 aromatic heterocycles. The molecule has 24 heavy (non-hydrogen) atoms. The Bertz CT molecular complexity index is 675. The summed E-state index contributed by atoms with van der Waals surface area (Å²) < 4.78 is 11.6. The number of likely N-dealkylation sites (N-methyl/N-ethyl adjacent to an activating group) is 1. The standard InChI is InChI=1S/C19H22N2O3/c1-2-21(19(22)12-20-15-8-4-3-5-9-15)13-16-14-23-17-10-6-7-11-18(17)24-16/h3-11,16,20H,2,12-14H2,1H3. The molecule has 1 aliphatic rings. The topological polar surface area (TPSA) is 50.8 Å². The SMILES string of the molecule is CCN(CC1COc2ccccc2O1)C(=O)CNc1ccccc1. The van der Waals surface area contributed by atoms with E-state index in [0.29, 0.717) is 19.7 Å². The Morgan fingerprint density at radius 2 is 1.83 bits per heavy atom. The van der Waals surface area contributed by atoms with E-state index in [1.165, 1.54) is 0 Å². The van der Waals surface area contributed by atoms with Crippen LogP contribution in [-0.2, 0) is 4.79 Å². The Morgan fingerprint density at radius 1 is 1.12 bits per heavy atom. The van der Waals surface area contributed by atoms with Gasteiger partial charge in [0, 0.05) is 12.2 Å². The molecular formula is C19H22N2O3. The molecule has 0 radical (unpaired) electrons. The molecule has 0 aliphatic carbocycles. The molecule has 0 bridgehead atoms. The lowest BCUT2D eigenvalue weighted by Crippen LogP contribution is -2.45. The number of amides is 1. The monoisotopic (exact) mass is 326 g/mol. The fraction of sp³-hybridized carbons (Fsp3) is 0.316. The Hall–Kier alpha value is -2.69. The maximum absolute atomic E-state index is 12.4. The number of rotatable bonds is 6. The minimum atomic E-state index is -0.152. The molecule has 1 amide bonds. The second kappa shape index (κ2) is 7.73. The maximum Gasteiger partial charge on any atom is 0.241 e. The molecule has 1 unspecified atom stereocenters. The summed E-state index contributed by atoms with van der Waals surface area (Å²) in [5, 5.41) is 3.15. The van der Waals surface area contributed by atoms with Crippen molar-refractivity contribution in [3.8, 4) is 11.5 Å². The molecule has 0 saturated heterocycles. The Kier molecular flexibility index (Phi) is 5.21. The van der Waals surface area contributed by atoms with Gasteiger partial charge in [-0.1, -0.05) is 30.3 Å². The highest BCUT2D eigenvalue weighted by atomic mass is 16.6. The molecule has 1 N–H and O–H groups in total. The van der Waals surface area contributed by atoms with Gasteiger partial charge in [-0.15, -0.1) is 0 Å². The highest BCUT2D eigenvalue weighted by molar-refractivity contribution is 5.80. The van der Waals surface area contributed by atoms with Crippen LogP contribution >= 0.6 is 0 Å². The number of carbonyl (C=O) groups is 1. The van der Waals surface area contributed by atoms with Gasteiger partial charge in [0.05, 0.1) is 13.1 Å². The van der Waals surface area contributed by atoms with E-state index in [1.807, 2.05) is 61.5 Å². The van der Waals surface area contributed by atoms with Gasteiger partial charge in [-0.05, 0) is 31.2 Å². The van der Waals surface area contributed by atoms with Crippen molar-refractivity contribution in [3.05, 3.63) is 54.6 Å². The van der Waals surface area contributed by atoms with Crippen LogP contribution in [0.25, 0.3) is 0 Å². The number of benzene rings is 2. The van der Waals surface area contributed by atoms with Gasteiger partial charge in [0.25, 0.3) is 0 Å². The number of nitrogens with zero attached hydrogens (tertiary/aromatic N) is 1. The number of ether oxygens (including phenoxy) is 2. The molecule has 0 fully saturated rings. The van der Waals surface area contributed by atoms with Crippen molar-refractivity contribution in [3.63, 3.8) is 0 Å². The van der Waals surface area contributed by atoms with E-state index < -0.39 is 0 Å². The van der Waals surface area contributed by atoms with Crippen LogP contribution in [0.5, 0.6) is 11.5 Å². The van der Waals surface area contributed by atoms with Crippen LogP contribution in [0.3, 0.4) is 0 Å². The van der Waals surface area contributed by atoms with Gasteiger partial charge in [0.15, 0.2) is 17.6 Å². The van der Waals surface area contributed by atoms with E-state index in [-0.39, 0.29) is 18.6 Å². The number of carbonyl (C=O) groups excluding carboxylic acids is 1. The average molecular weight is 326 g/mol. The van der Waals surface area contributed by atoms with Crippen LogP contribution in [0.1, 0.15) is 6.92 Å². The molecule has 3 rings (SSSR count). The van der Waals surface area contributed by atoms with Crippen molar-refractivity contribution < 1.29 is 14.3 Å². The first-order chi connectivity index (χ1) is 11.8. The highest BCUT2D eigenvalue weighted by Crippen LogP contribution is 2.30. The summed E-state index contributed by atoms with van der Waals surface area (Å²) in [6, 6.07) is 17.3. The second-order valence-electron chi connectivity index (χ2n) is 5.65. The Morgan fingerprint density at radius 3 is 2.58 bits per heavy atom. The largest absolute Gasteiger partial charge is 0.486 e. The summed E-state index contributed by atoms with van der Waals surface area (Å²) >= 11 is 0. The summed E-state index contributed by atoms with van der Waals surface area (Å²) in [6.45, 7) is 3.84. The molecule has 1 atom stereocenters. The van der Waals surface area contributed by atoms with Crippen molar-refractivity contribution in [2.45, 2.75) is 13.0 Å². The number of anilines is 1. The number of para-hydroxylation sites is 3. The lowest BCUT2D eigenvalue weighted by molar-refractivity contribution is -0.130. The zero-order chi connectivity index (χ0) is 16.8. The summed E-state index contributed by atoms with van der Waals surface area (Å²) in [5.74, 6) is 1.54. The average Bonchev–Trinajstić information content (AvgIpc) is 2.65. The van der Waals surface area contributed by atoms with E-state index in [4.69, 9.17) is 9.47 Å². The fourth-order valence-electron chi connectivity index (χ4n) is 2.65. The predicted octanol–water partition coefficient (Wildman–Crippen LogP) is 2.79. The fourth-order valence-corrected chi connectivity index (χ4v) is 2.65. The van der Waals surface area contributed by atoms with Crippen LogP contribution in [0.2, 0.25) is 0 Å². The molecule has 1 heterocycles. The first-order valence-electron chi connectivity index (χ1n) is 8.21. The summed E-state index contributed by atoms with van der Waals surface area (Å²) in [5.41, 5.74) is 0.938. The molecule has 126 valence electrons. The van der Waals surface area contributed by atoms with Gasteiger partial charge in [0.2, 0.25) is 5.91 Å². The number of hydrogen-bond acceptors (Lipinski definition) is 4. The third-order valence-electron chi connectivity index (χ3n) is 3.94. The molecule has 0 spiro atoms. The van der Waals surface area contributed by atoms with E-state index in [0.717, 1.165) is 17.2 Å². The third-order valence-corrected chi connectivity index (χ3v) is 3.94. The first kappa shape index (κ1) is 16.2. The van der Waals surface area contributed by atoms with Crippen LogP contribution < -0.4 is 14.8 Å². The summed E-state index contributed by atoms with van der Waals surface area (Å²) in [6.07, 6.45) is -0.152. The van der Waals surface area contributed by atoms with Crippen molar-refractivity contribution >= 4 is 11.6 Å². The zero-order valence-corrected chi connectivity index (χ0v) is 13.8.